The first-order chi connectivity index (χ1) is 13.5. The van der Waals surface area contributed by atoms with Crippen LogP contribution < -0.4 is 20.6 Å². The van der Waals surface area contributed by atoms with Crippen molar-refractivity contribution in [2.45, 2.75) is 13.1 Å². The van der Waals surface area contributed by atoms with E-state index in [4.69, 9.17) is 32.9 Å². The Morgan fingerprint density at radius 1 is 1.29 bits per heavy atom. The Labute approximate surface area is 175 Å². The first-order valence-electron chi connectivity index (χ1n) is 8.55. The number of ether oxygens (including phenoxy) is 1. The Kier molecular flexibility index (Phi) is 5.23. The summed E-state index contributed by atoms with van der Waals surface area (Å²) >= 11 is 14.0. The zero-order valence-corrected chi connectivity index (χ0v) is 17.4. The van der Waals surface area contributed by atoms with Gasteiger partial charge in [-0.1, -0.05) is 60.1 Å². The molecule has 2 heterocycles. The lowest BCUT2D eigenvalue weighted by atomic mass is 10.1. The summed E-state index contributed by atoms with van der Waals surface area (Å²) in [6.45, 7) is 1.99. The lowest BCUT2D eigenvalue weighted by Crippen LogP contribution is -2.50. The van der Waals surface area contributed by atoms with Crippen LogP contribution in [0.1, 0.15) is 18.7 Å². The van der Waals surface area contributed by atoms with Gasteiger partial charge in [0, 0.05) is 15.8 Å². The minimum atomic E-state index is -0.644. The number of amides is 1. The Hall–Kier alpha value is -2.22. The molecule has 0 fully saturated rings. The van der Waals surface area contributed by atoms with Gasteiger partial charge in [-0.15, -0.1) is 5.10 Å². The third-order valence-electron chi connectivity index (χ3n) is 4.32. The second kappa shape index (κ2) is 7.66. The van der Waals surface area contributed by atoms with Gasteiger partial charge < -0.3 is 4.74 Å². The van der Waals surface area contributed by atoms with Crippen molar-refractivity contribution < 1.29 is 9.53 Å². The lowest BCUT2D eigenvalue weighted by Gasteiger charge is -2.34. The van der Waals surface area contributed by atoms with Gasteiger partial charge in [0.1, 0.15) is 11.4 Å². The standard InChI is InChI=1S/C19H16Cl2N4O2S/c1-3-28-19-23-18(26)15-11-6-4-5-7-14(11)22-17(25(15)24-19)12-8-10(20)9-13(21)16(12)27-2/h4-9,17H,3H2,1-2H3,(H,23,24,26). The number of amidine groups is 1. The van der Waals surface area contributed by atoms with Crippen molar-refractivity contribution in [1.82, 2.24) is 10.3 Å². The van der Waals surface area contributed by atoms with Crippen LogP contribution >= 0.6 is 35.0 Å². The van der Waals surface area contributed by atoms with Gasteiger partial charge in [0.25, 0.3) is 5.91 Å². The molecule has 2 aromatic carbocycles. The topological polar surface area (TPSA) is 66.3 Å². The Morgan fingerprint density at radius 2 is 2.07 bits per heavy atom. The number of fused-ring (bicyclic) bond motifs is 2. The van der Waals surface area contributed by atoms with Gasteiger partial charge in [-0.25, -0.2) is 5.01 Å². The number of halogens is 2. The van der Waals surface area contributed by atoms with Gasteiger partial charge in [-0.3, -0.25) is 15.1 Å². The van der Waals surface area contributed by atoms with Crippen molar-refractivity contribution >= 4 is 51.7 Å². The Bertz CT molecular complexity index is 1120. The van der Waals surface area contributed by atoms with E-state index in [0.29, 0.717) is 42.8 Å². The molecule has 9 heteroatoms. The maximum absolute atomic E-state index is 12.9. The summed E-state index contributed by atoms with van der Waals surface area (Å²) in [4.78, 5) is 17.8. The third kappa shape index (κ3) is 3.23. The van der Waals surface area contributed by atoms with E-state index in [1.54, 1.807) is 17.1 Å². The number of nitrogens with one attached hydrogen (secondary N) is 1. The molecule has 1 unspecified atom stereocenters. The van der Waals surface area contributed by atoms with Gasteiger partial charge >= 0.3 is 0 Å². The minimum absolute atomic E-state index is 0.231. The third-order valence-corrected chi connectivity index (χ3v) is 5.56. The molecule has 0 radical (unpaired) electrons. The fourth-order valence-corrected chi connectivity index (χ4v) is 4.39. The van der Waals surface area contributed by atoms with Gasteiger partial charge in [0.05, 0.1) is 17.5 Å². The fraction of sp³-hybridized carbons (Fsp3) is 0.211. The smallest absolute Gasteiger partial charge is 0.276 e. The highest BCUT2D eigenvalue weighted by Crippen LogP contribution is 2.40. The monoisotopic (exact) mass is 434 g/mol. The Balaban J connectivity index is 2.00. The molecule has 6 nitrogen and oxygen atoms in total. The van der Waals surface area contributed by atoms with Gasteiger partial charge in [-0.05, 0) is 24.0 Å². The van der Waals surface area contributed by atoms with E-state index in [1.807, 2.05) is 31.2 Å². The summed E-state index contributed by atoms with van der Waals surface area (Å²) in [5.74, 6) is 0.988. The normalized spacial score (nSPS) is 17.9. The number of methoxy groups -OCH3 is 1. The molecule has 0 spiro atoms. The first-order valence-corrected chi connectivity index (χ1v) is 10.3. The summed E-state index contributed by atoms with van der Waals surface area (Å²) < 4.78 is 5.51. The highest BCUT2D eigenvalue weighted by molar-refractivity contribution is 8.13. The number of hydrazone groups is 1. The van der Waals surface area contributed by atoms with Crippen LogP contribution in [-0.4, -0.2) is 28.9 Å². The molecule has 0 saturated carbocycles. The molecule has 2 aliphatic rings. The Morgan fingerprint density at radius 3 is 2.82 bits per heavy atom. The second-order valence-corrected chi connectivity index (χ2v) is 8.11. The van der Waals surface area contributed by atoms with E-state index in [0.717, 1.165) is 5.75 Å². The zero-order chi connectivity index (χ0) is 19.8. The number of carbonyl (C=O) groups excluding carboxylic acids is 1. The van der Waals surface area contributed by atoms with Gasteiger partial charge in [0.15, 0.2) is 11.3 Å². The van der Waals surface area contributed by atoms with E-state index in [9.17, 15) is 4.79 Å². The van der Waals surface area contributed by atoms with Crippen molar-refractivity contribution in [2.24, 2.45) is 10.1 Å². The number of rotatable bonds is 3. The number of nitrogens with zero attached hydrogens (tertiary/aromatic N) is 3. The van der Waals surface area contributed by atoms with Gasteiger partial charge in [-0.2, -0.15) is 0 Å². The van der Waals surface area contributed by atoms with Crippen LogP contribution in [0, 0.1) is 0 Å². The number of benzene rings is 2. The van der Waals surface area contributed by atoms with Crippen molar-refractivity contribution in [2.75, 3.05) is 12.9 Å². The van der Waals surface area contributed by atoms with E-state index in [2.05, 4.69) is 10.4 Å². The van der Waals surface area contributed by atoms with Crippen LogP contribution in [0.25, 0.3) is 5.70 Å². The average Bonchev–Trinajstić information content (AvgIpc) is 2.66. The number of thioether (sulfide) groups is 1. The molecular weight excluding hydrogens is 419 g/mol. The quantitative estimate of drug-likeness (QED) is 0.806. The lowest BCUT2D eigenvalue weighted by molar-refractivity contribution is -0.116. The zero-order valence-electron chi connectivity index (χ0n) is 15.1. The summed E-state index contributed by atoms with van der Waals surface area (Å²) in [6.07, 6.45) is -0.644. The van der Waals surface area contributed by atoms with Crippen LogP contribution in [0.2, 0.25) is 10.0 Å². The van der Waals surface area contributed by atoms with Crippen LogP contribution in [0.15, 0.2) is 46.5 Å². The molecule has 0 aromatic heterocycles. The predicted molar refractivity (Wildman–Crippen MR) is 112 cm³/mol. The molecule has 1 amide bonds. The fourth-order valence-electron chi connectivity index (χ4n) is 3.22. The van der Waals surface area contributed by atoms with Crippen molar-refractivity contribution in [1.29, 1.82) is 0 Å². The molecule has 0 saturated heterocycles. The number of hydrogen-bond donors (Lipinski definition) is 1. The molecule has 4 rings (SSSR count). The summed E-state index contributed by atoms with van der Waals surface area (Å²) in [6, 6.07) is 10.8. The van der Waals surface area contributed by atoms with Crippen molar-refractivity contribution in [3.05, 3.63) is 62.6 Å². The molecule has 2 aromatic rings. The highest BCUT2D eigenvalue weighted by atomic mass is 35.5. The van der Waals surface area contributed by atoms with E-state index < -0.39 is 6.17 Å². The maximum Gasteiger partial charge on any atom is 0.276 e. The SMILES string of the molecule is CCSC1=NN2C(=c3ccccc3=NC2c2cc(Cl)cc(Cl)c2OC)C(=O)N1. The molecule has 144 valence electrons. The maximum atomic E-state index is 12.9. The van der Waals surface area contributed by atoms with Crippen LogP contribution in [0.4, 0.5) is 0 Å². The van der Waals surface area contributed by atoms with Crippen molar-refractivity contribution in [3.8, 4) is 5.75 Å². The summed E-state index contributed by atoms with van der Waals surface area (Å²) in [5.41, 5.74) is 1.06. The molecule has 0 aliphatic carbocycles. The van der Waals surface area contributed by atoms with Gasteiger partial charge in [0.2, 0.25) is 0 Å². The number of carbonyl (C=O) groups is 1. The molecule has 28 heavy (non-hydrogen) atoms. The summed E-state index contributed by atoms with van der Waals surface area (Å²) in [7, 11) is 1.53. The molecule has 0 bridgehead atoms. The molecule has 1 atom stereocenters. The van der Waals surface area contributed by atoms with Crippen LogP contribution in [-0.2, 0) is 4.79 Å². The average molecular weight is 435 g/mol. The number of para-hydroxylation sites is 1. The second-order valence-electron chi connectivity index (χ2n) is 6.02. The summed E-state index contributed by atoms with van der Waals surface area (Å²) in [5, 5.41) is 11.8. The highest BCUT2D eigenvalue weighted by Gasteiger charge is 2.36. The van der Waals surface area contributed by atoms with Crippen molar-refractivity contribution in [3.63, 3.8) is 0 Å². The van der Waals surface area contributed by atoms with E-state index >= 15 is 0 Å². The van der Waals surface area contributed by atoms with Crippen LogP contribution in [0.5, 0.6) is 5.75 Å². The molecular formula is C19H16Cl2N4O2S. The first kappa shape index (κ1) is 19.1. The van der Waals surface area contributed by atoms with E-state index in [1.165, 1.54) is 18.9 Å². The largest absolute Gasteiger partial charge is 0.495 e. The predicted octanol–water partition coefficient (Wildman–Crippen LogP) is 2.90. The minimum Gasteiger partial charge on any atom is -0.495 e. The van der Waals surface area contributed by atoms with Crippen LogP contribution in [0.3, 0.4) is 0 Å². The molecule has 2 aliphatic heterocycles. The molecule has 1 N–H and O–H groups in total. The van der Waals surface area contributed by atoms with E-state index in [-0.39, 0.29) is 5.91 Å². The number of hydrogen-bond acceptors (Lipinski definition) is 6.